The molecule has 0 spiro atoms. The molecule has 0 amide bonds. The molecule has 1 saturated carbocycles. The van der Waals surface area contributed by atoms with Crippen molar-refractivity contribution < 1.29 is 0 Å². The maximum Gasteiger partial charge on any atom is 0.0536 e. The molecule has 2 aromatic rings. The molecular weight excluding hydrogens is 256 g/mol. The zero-order valence-corrected chi connectivity index (χ0v) is 11.8. The number of hydrogen-bond acceptors (Lipinski definition) is 1. The third-order valence-electron chi connectivity index (χ3n) is 3.75. The van der Waals surface area contributed by atoms with Crippen molar-refractivity contribution in [1.82, 2.24) is 9.78 Å². The molecule has 1 fully saturated rings. The maximum atomic E-state index is 5.99. The molecule has 2 nitrogen and oxygen atoms in total. The maximum absolute atomic E-state index is 5.99. The average Bonchev–Trinajstić information content (AvgIpc) is 3.21. The Labute approximate surface area is 119 Å². The summed E-state index contributed by atoms with van der Waals surface area (Å²) in [5.74, 6) is 1.30. The van der Waals surface area contributed by atoms with E-state index in [1.54, 1.807) is 0 Å². The Morgan fingerprint density at radius 1 is 1.21 bits per heavy atom. The van der Waals surface area contributed by atoms with Crippen molar-refractivity contribution in [2.75, 3.05) is 0 Å². The van der Waals surface area contributed by atoms with E-state index in [0.29, 0.717) is 11.8 Å². The van der Waals surface area contributed by atoms with Crippen molar-refractivity contribution in [2.24, 2.45) is 0 Å². The summed E-state index contributed by atoms with van der Waals surface area (Å²) < 4.78 is 2.18. The first-order chi connectivity index (χ1) is 9.38. The van der Waals surface area contributed by atoms with Crippen LogP contribution in [-0.2, 0) is 18.8 Å². The molecule has 0 saturated heterocycles. The number of alkyl halides is 1. The van der Waals surface area contributed by atoms with Gasteiger partial charge in [0, 0.05) is 23.7 Å². The lowest BCUT2D eigenvalue weighted by Crippen LogP contribution is -2.06. The summed E-state index contributed by atoms with van der Waals surface area (Å²) in [6.45, 7) is 0.998. The van der Waals surface area contributed by atoms with Crippen LogP contribution in [0.2, 0.25) is 0 Å². The Morgan fingerprint density at radius 2 is 2.00 bits per heavy atom. The molecule has 19 heavy (non-hydrogen) atoms. The lowest BCUT2D eigenvalue weighted by Gasteiger charge is -2.08. The van der Waals surface area contributed by atoms with E-state index in [1.807, 2.05) is 6.20 Å². The Bertz CT molecular complexity index is 529. The van der Waals surface area contributed by atoms with E-state index in [9.17, 15) is 0 Å². The van der Waals surface area contributed by atoms with E-state index in [2.05, 4.69) is 40.1 Å². The van der Waals surface area contributed by atoms with E-state index < -0.39 is 0 Å². The van der Waals surface area contributed by atoms with Crippen LogP contribution in [0.4, 0.5) is 0 Å². The van der Waals surface area contributed by atoms with Crippen LogP contribution in [0.15, 0.2) is 36.5 Å². The molecule has 1 aliphatic carbocycles. The van der Waals surface area contributed by atoms with Crippen molar-refractivity contribution in [3.05, 3.63) is 53.3 Å². The molecule has 1 heterocycles. The number of benzene rings is 1. The smallest absolute Gasteiger partial charge is 0.0536 e. The molecular formula is C16H19ClN2. The molecule has 0 N–H and O–H groups in total. The average molecular weight is 275 g/mol. The largest absolute Gasteiger partial charge is 0.269 e. The zero-order valence-electron chi connectivity index (χ0n) is 11.1. The van der Waals surface area contributed by atoms with Crippen LogP contribution in [0.1, 0.15) is 42.0 Å². The minimum absolute atomic E-state index is 0.588. The van der Waals surface area contributed by atoms with Gasteiger partial charge < -0.3 is 0 Å². The van der Waals surface area contributed by atoms with Gasteiger partial charge in [-0.15, -0.1) is 11.6 Å². The van der Waals surface area contributed by atoms with Gasteiger partial charge in [0.05, 0.1) is 12.1 Å². The standard InChI is InChI=1S/C16H19ClN2/c17-11-15-12-18-19(16(15)14-8-9-14)10-4-7-13-5-2-1-3-6-13/h1-3,5-6,12,14H,4,7-11H2. The van der Waals surface area contributed by atoms with Crippen LogP contribution in [0.3, 0.4) is 0 Å². The minimum Gasteiger partial charge on any atom is -0.269 e. The number of rotatable bonds is 6. The van der Waals surface area contributed by atoms with Gasteiger partial charge in [-0.25, -0.2) is 0 Å². The molecule has 3 rings (SSSR count). The quantitative estimate of drug-likeness (QED) is 0.724. The van der Waals surface area contributed by atoms with Crippen LogP contribution in [0, 0.1) is 0 Å². The fourth-order valence-electron chi connectivity index (χ4n) is 2.62. The molecule has 100 valence electrons. The Hall–Kier alpha value is -1.28. The highest BCUT2D eigenvalue weighted by Crippen LogP contribution is 2.42. The monoisotopic (exact) mass is 274 g/mol. The van der Waals surface area contributed by atoms with Crippen LogP contribution >= 0.6 is 11.6 Å². The van der Waals surface area contributed by atoms with E-state index in [1.165, 1.54) is 29.7 Å². The third-order valence-corrected chi connectivity index (χ3v) is 4.03. The van der Waals surface area contributed by atoms with Gasteiger partial charge in [0.25, 0.3) is 0 Å². The van der Waals surface area contributed by atoms with Gasteiger partial charge in [-0.05, 0) is 31.2 Å². The minimum atomic E-state index is 0.588. The number of nitrogens with zero attached hydrogens (tertiary/aromatic N) is 2. The summed E-state index contributed by atoms with van der Waals surface area (Å²) in [6.07, 6.45) is 6.79. The Kier molecular flexibility index (Phi) is 3.88. The predicted octanol–water partition coefficient (Wildman–Crippen LogP) is 4.13. The SMILES string of the molecule is ClCc1cnn(CCCc2ccccc2)c1C1CC1. The van der Waals surface area contributed by atoms with Crippen molar-refractivity contribution in [3.8, 4) is 0 Å². The van der Waals surface area contributed by atoms with Gasteiger partial charge >= 0.3 is 0 Å². The van der Waals surface area contributed by atoms with E-state index >= 15 is 0 Å². The first-order valence-corrected chi connectivity index (χ1v) is 7.56. The van der Waals surface area contributed by atoms with Crippen LogP contribution in [0.5, 0.6) is 0 Å². The molecule has 0 radical (unpaired) electrons. The molecule has 0 unspecified atom stereocenters. The predicted molar refractivity (Wildman–Crippen MR) is 78.5 cm³/mol. The highest BCUT2D eigenvalue weighted by atomic mass is 35.5. The highest BCUT2D eigenvalue weighted by Gasteiger charge is 2.29. The summed E-state index contributed by atoms with van der Waals surface area (Å²) >= 11 is 5.99. The number of hydrogen-bond donors (Lipinski definition) is 0. The first kappa shape index (κ1) is 12.7. The normalized spacial score (nSPS) is 14.8. The lowest BCUT2D eigenvalue weighted by atomic mass is 10.1. The summed E-state index contributed by atoms with van der Waals surface area (Å²) in [5, 5.41) is 4.51. The third kappa shape index (κ3) is 3.01. The van der Waals surface area contributed by atoms with Crippen LogP contribution in [0.25, 0.3) is 0 Å². The fraction of sp³-hybridized carbons (Fsp3) is 0.438. The molecule has 0 atom stereocenters. The Morgan fingerprint density at radius 3 is 2.68 bits per heavy atom. The zero-order chi connectivity index (χ0) is 13.1. The van der Waals surface area contributed by atoms with Gasteiger partial charge in [-0.2, -0.15) is 5.10 Å². The molecule has 1 aromatic heterocycles. The van der Waals surface area contributed by atoms with Gasteiger partial charge in [0.2, 0.25) is 0 Å². The molecule has 0 aliphatic heterocycles. The molecule has 0 bridgehead atoms. The van der Waals surface area contributed by atoms with Gasteiger partial charge in [-0.3, -0.25) is 4.68 Å². The number of halogens is 1. The summed E-state index contributed by atoms with van der Waals surface area (Å²) in [4.78, 5) is 0. The first-order valence-electron chi connectivity index (χ1n) is 7.03. The molecule has 1 aromatic carbocycles. The molecule has 1 aliphatic rings. The van der Waals surface area contributed by atoms with Crippen LogP contribution < -0.4 is 0 Å². The van der Waals surface area contributed by atoms with Crippen LogP contribution in [-0.4, -0.2) is 9.78 Å². The second-order valence-corrected chi connectivity index (χ2v) is 5.54. The van der Waals surface area contributed by atoms with Crippen molar-refractivity contribution >= 4 is 11.6 Å². The molecule has 3 heteroatoms. The summed E-state index contributed by atoms with van der Waals surface area (Å²) in [7, 11) is 0. The Balaban J connectivity index is 1.62. The number of aromatic nitrogens is 2. The van der Waals surface area contributed by atoms with Gasteiger partial charge in [0.15, 0.2) is 0 Å². The second-order valence-electron chi connectivity index (χ2n) is 5.28. The topological polar surface area (TPSA) is 17.8 Å². The van der Waals surface area contributed by atoms with Crippen molar-refractivity contribution in [2.45, 2.75) is 44.0 Å². The lowest BCUT2D eigenvalue weighted by molar-refractivity contribution is 0.554. The van der Waals surface area contributed by atoms with E-state index in [4.69, 9.17) is 11.6 Å². The fourth-order valence-corrected chi connectivity index (χ4v) is 2.83. The summed E-state index contributed by atoms with van der Waals surface area (Å²) in [6, 6.07) is 10.6. The van der Waals surface area contributed by atoms with E-state index in [0.717, 1.165) is 19.4 Å². The van der Waals surface area contributed by atoms with E-state index in [-0.39, 0.29) is 0 Å². The van der Waals surface area contributed by atoms with Gasteiger partial charge in [-0.1, -0.05) is 30.3 Å². The van der Waals surface area contributed by atoms with Gasteiger partial charge in [0.1, 0.15) is 0 Å². The second kappa shape index (κ2) is 5.79. The van der Waals surface area contributed by atoms with Crippen molar-refractivity contribution in [1.29, 1.82) is 0 Å². The van der Waals surface area contributed by atoms with Crippen molar-refractivity contribution in [3.63, 3.8) is 0 Å². The highest BCUT2D eigenvalue weighted by molar-refractivity contribution is 6.17. The number of aryl methyl sites for hydroxylation is 2. The summed E-state index contributed by atoms with van der Waals surface area (Å²) in [5.41, 5.74) is 4.02.